The maximum absolute atomic E-state index is 12.7. The Labute approximate surface area is 168 Å². The fraction of sp³-hybridized carbons (Fsp3) is 0.111. The lowest BCUT2D eigenvalue weighted by atomic mass is 10.2. The molecule has 134 valence electrons. The predicted octanol–water partition coefficient (Wildman–Crippen LogP) is 5.36. The summed E-state index contributed by atoms with van der Waals surface area (Å²) < 4.78 is 11.3. The fourth-order valence-corrected chi connectivity index (χ4v) is 4.13. The van der Waals surface area contributed by atoms with Gasteiger partial charge in [0.05, 0.1) is 29.3 Å². The quantitative estimate of drug-likeness (QED) is 0.582. The molecule has 8 heteroatoms. The Hall–Kier alpha value is -1.96. The normalized spacial score (nSPS) is 15.7. The SMILES string of the molecule is COc1cc(C=C2SC(=O)N(c3cccc(Cl)c3)C2=O)cc(Br)c1OC. The monoisotopic (exact) mass is 453 g/mol. The van der Waals surface area contributed by atoms with Crippen LogP contribution in [0.1, 0.15) is 5.56 Å². The van der Waals surface area contributed by atoms with Crippen LogP contribution in [0.2, 0.25) is 5.02 Å². The maximum Gasteiger partial charge on any atom is 0.298 e. The summed E-state index contributed by atoms with van der Waals surface area (Å²) in [7, 11) is 3.07. The minimum Gasteiger partial charge on any atom is -0.493 e. The van der Waals surface area contributed by atoms with Crippen molar-refractivity contribution in [3.05, 3.63) is 56.4 Å². The topological polar surface area (TPSA) is 55.8 Å². The molecule has 2 aromatic rings. The molecule has 0 aromatic heterocycles. The number of benzene rings is 2. The number of hydrogen-bond donors (Lipinski definition) is 0. The molecule has 0 aliphatic carbocycles. The van der Waals surface area contributed by atoms with E-state index in [1.807, 2.05) is 0 Å². The molecule has 5 nitrogen and oxygen atoms in total. The van der Waals surface area contributed by atoms with Gasteiger partial charge in [0.15, 0.2) is 11.5 Å². The van der Waals surface area contributed by atoms with Gasteiger partial charge in [0, 0.05) is 5.02 Å². The summed E-state index contributed by atoms with van der Waals surface area (Å²) in [5, 5.41) is 0.0809. The molecule has 26 heavy (non-hydrogen) atoms. The molecule has 0 radical (unpaired) electrons. The highest BCUT2D eigenvalue weighted by Gasteiger charge is 2.36. The van der Waals surface area contributed by atoms with Crippen LogP contribution in [0.4, 0.5) is 10.5 Å². The molecule has 1 saturated heterocycles. The average molecular weight is 455 g/mol. The lowest BCUT2D eigenvalue weighted by molar-refractivity contribution is -0.113. The van der Waals surface area contributed by atoms with Crippen molar-refractivity contribution in [3.8, 4) is 11.5 Å². The minimum atomic E-state index is -0.395. The van der Waals surface area contributed by atoms with Gasteiger partial charge in [-0.25, -0.2) is 4.90 Å². The lowest BCUT2D eigenvalue weighted by Gasteiger charge is -2.12. The number of anilines is 1. The number of rotatable bonds is 4. The maximum atomic E-state index is 12.7. The summed E-state index contributed by atoms with van der Waals surface area (Å²) in [4.78, 5) is 26.4. The van der Waals surface area contributed by atoms with Crippen molar-refractivity contribution in [2.75, 3.05) is 19.1 Å². The van der Waals surface area contributed by atoms with Gasteiger partial charge < -0.3 is 9.47 Å². The van der Waals surface area contributed by atoms with Crippen molar-refractivity contribution < 1.29 is 19.1 Å². The first-order valence-electron chi connectivity index (χ1n) is 7.39. The van der Waals surface area contributed by atoms with E-state index in [0.717, 1.165) is 16.7 Å². The summed E-state index contributed by atoms with van der Waals surface area (Å²) in [5.74, 6) is 0.673. The number of ether oxygens (including phenoxy) is 2. The average Bonchev–Trinajstić information content (AvgIpc) is 2.88. The number of imide groups is 1. The highest BCUT2D eigenvalue weighted by molar-refractivity contribution is 9.10. The summed E-state index contributed by atoms with van der Waals surface area (Å²) >= 11 is 10.3. The number of amides is 2. The second kappa shape index (κ2) is 7.73. The zero-order valence-corrected chi connectivity index (χ0v) is 16.9. The molecule has 3 rings (SSSR count). The van der Waals surface area contributed by atoms with Crippen molar-refractivity contribution in [2.45, 2.75) is 0 Å². The van der Waals surface area contributed by atoms with Crippen LogP contribution in [0.25, 0.3) is 6.08 Å². The second-order valence-corrected chi connectivity index (χ2v) is 7.52. The predicted molar refractivity (Wildman–Crippen MR) is 107 cm³/mol. The number of nitrogens with zero attached hydrogens (tertiary/aromatic N) is 1. The lowest BCUT2D eigenvalue weighted by Crippen LogP contribution is -2.27. The van der Waals surface area contributed by atoms with E-state index in [-0.39, 0.29) is 5.24 Å². The Balaban J connectivity index is 1.97. The van der Waals surface area contributed by atoms with Crippen molar-refractivity contribution in [2.24, 2.45) is 0 Å². The molecular weight excluding hydrogens is 442 g/mol. The van der Waals surface area contributed by atoms with Crippen molar-refractivity contribution >= 4 is 62.2 Å². The molecule has 0 bridgehead atoms. The molecule has 0 N–H and O–H groups in total. The number of halogens is 2. The van der Waals surface area contributed by atoms with Crippen LogP contribution in [0.15, 0.2) is 45.8 Å². The van der Waals surface area contributed by atoms with Crippen LogP contribution in [0.3, 0.4) is 0 Å². The molecule has 1 fully saturated rings. The van der Waals surface area contributed by atoms with Crippen LogP contribution >= 0.6 is 39.3 Å². The first-order valence-corrected chi connectivity index (χ1v) is 9.38. The summed E-state index contributed by atoms with van der Waals surface area (Å²) in [6.45, 7) is 0. The molecule has 2 aromatic carbocycles. The van der Waals surface area contributed by atoms with Gasteiger partial charge >= 0.3 is 0 Å². The Morgan fingerprint density at radius 3 is 2.58 bits per heavy atom. The number of methoxy groups -OCH3 is 2. The van der Waals surface area contributed by atoms with E-state index in [1.54, 1.807) is 49.6 Å². The van der Waals surface area contributed by atoms with Crippen molar-refractivity contribution in [1.29, 1.82) is 0 Å². The van der Waals surface area contributed by atoms with Crippen LogP contribution in [-0.4, -0.2) is 25.4 Å². The number of carbonyl (C=O) groups is 2. The Morgan fingerprint density at radius 2 is 1.92 bits per heavy atom. The van der Waals surface area contributed by atoms with Crippen LogP contribution in [0, 0.1) is 0 Å². The zero-order valence-electron chi connectivity index (χ0n) is 13.8. The molecule has 2 amide bonds. The largest absolute Gasteiger partial charge is 0.493 e. The van der Waals surface area contributed by atoms with E-state index in [9.17, 15) is 9.59 Å². The van der Waals surface area contributed by atoms with E-state index in [2.05, 4.69) is 15.9 Å². The van der Waals surface area contributed by atoms with Crippen LogP contribution in [0.5, 0.6) is 11.5 Å². The molecule has 1 aliphatic heterocycles. The summed E-state index contributed by atoms with van der Waals surface area (Å²) in [6.07, 6.45) is 1.64. The van der Waals surface area contributed by atoms with Gasteiger partial charge in [-0.3, -0.25) is 9.59 Å². The van der Waals surface area contributed by atoms with E-state index >= 15 is 0 Å². The number of thioether (sulfide) groups is 1. The molecule has 0 atom stereocenters. The summed E-state index contributed by atoms with van der Waals surface area (Å²) in [6, 6.07) is 10.1. The third-order valence-corrected chi connectivity index (χ3v) is 5.31. The third kappa shape index (κ3) is 3.60. The molecule has 0 saturated carbocycles. The standard InChI is InChI=1S/C18H13BrClNO4S/c1-24-14-7-10(6-13(19)16(14)25-2)8-15-17(22)21(18(23)26-15)12-5-3-4-11(20)9-12/h3-9H,1-2H3. The van der Waals surface area contributed by atoms with E-state index in [0.29, 0.717) is 37.2 Å². The number of hydrogen-bond acceptors (Lipinski definition) is 5. The zero-order chi connectivity index (χ0) is 18.8. The van der Waals surface area contributed by atoms with Crippen molar-refractivity contribution in [3.63, 3.8) is 0 Å². The Bertz CT molecular complexity index is 931. The summed E-state index contributed by atoms with van der Waals surface area (Å²) in [5.41, 5.74) is 1.14. The van der Waals surface area contributed by atoms with Crippen LogP contribution < -0.4 is 14.4 Å². The van der Waals surface area contributed by atoms with E-state index < -0.39 is 5.91 Å². The second-order valence-electron chi connectivity index (χ2n) is 5.24. The van der Waals surface area contributed by atoms with E-state index in [4.69, 9.17) is 21.1 Å². The van der Waals surface area contributed by atoms with Gasteiger partial charge in [-0.15, -0.1) is 0 Å². The van der Waals surface area contributed by atoms with Crippen molar-refractivity contribution in [1.82, 2.24) is 0 Å². The molecule has 0 spiro atoms. The number of carbonyl (C=O) groups excluding carboxylic acids is 2. The van der Waals surface area contributed by atoms with Gasteiger partial charge in [0.2, 0.25) is 0 Å². The Kier molecular flexibility index (Phi) is 5.60. The van der Waals surface area contributed by atoms with Gasteiger partial charge in [-0.1, -0.05) is 17.7 Å². The van der Waals surface area contributed by atoms with Gasteiger partial charge in [-0.2, -0.15) is 0 Å². The highest BCUT2D eigenvalue weighted by atomic mass is 79.9. The first-order chi connectivity index (χ1) is 12.4. The molecular formula is C18H13BrClNO4S. The highest BCUT2D eigenvalue weighted by Crippen LogP contribution is 2.40. The van der Waals surface area contributed by atoms with E-state index in [1.165, 1.54) is 7.11 Å². The van der Waals surface area contributed by atoms with Crippen LogP contribution in [-0.2, 0) is 4.79 Å². The van der Waals surface area contributed by atoms with Gasteiger partial charge in [0.25, 0.3) is 11.1 Å². The van der Waals surface area contributed by atoms with Gasteiger partial charge in [0.1, 0.15) is 0 Å². The third-order valence-electron chi connectivity index (χ3n) is 3.61. The minimum absolute atomic E-state index is 0.314. The Morgan fingerprint density at radius 1 is 1.15 bits per heavy atom. The molecule has 0 unspecified atom stereocenters. The fourth-order valence-electron chi connectivity index (χ4n) is 2.48. The first kappa shape index (κ1) is 18.8. The molecule has 1 heterocycles. The molecule has 1 aliphatic rings. The van der Waals surface area contributed by atoms with Gasteiger partial charge in [-0.05, 0) is 69.7 Å². The smallest absolute Gasteiger partial charge is 0.298 e.